The van der Waals surface area contributed by atoms with Gasteiger partial charge in [-0.3, -0.25) is 4.79 Å². The van der Waals surface area contributed by atoms with E-state index in [9.17, 15) is 9.18 Å². The fourth-order valence-corrected chi connectivity index (χ4v) is 2.19. The van der Waals surface area contributed by atoms with Gasteiger partial charge in [0.25, 0.3) is 0 Å². The molecule has 5 heteroatoms. The lowest BCUT2D eigenvalue weighted by atomic mass is 10.1. The van der Waals surface area contributed by atoms with Gasteiger partial charge in [-0.2, -0.15) is 0 Å². The van der Waals surface area contributed by atoms with E-state index in [1.165, 1.54) is 19.2 Å². The number of nitrogens with two attached hydrogens (primary N) is 1. The number of carbonyl (C=O) groups excluding carboxylic acids is 1. The maximum atomic E-state index is 13.6. The van der Waals surface area contributed by atoms with Crippen LogP contribution in [0.5, 0.6) is 0 Å². The molecule has 0 aromatic heterocycles. The van der Waals surface area contributed by atoms with Gasteiger partial charge in [-0.15, -0.1) is 0 Å². The molecule has 1 aromatic carbocycles. The number of hydrogen-bond acceptors (Lipinski definition) is 3. The summed E-state index contributed by atoms with van der Waals surface area (Å²) in [5.41, 5.74) is 4.99. The number of hydrogen-bond donors (Lipinski definition) is 1. The van der Waals surface area contributed by atoms with E-state index in [0.29, 0.717) is 17.0 Å². The monoisotopic (exact) mass is 243 g/mol. The number of ether oxygens (including phenoxy) is 1. The molecular weight excluding hydrogens is 233 g/mol. The zero-order valence-electron chi connectivity index (χ0n) is 8.67. The van der Waals surface area contributed by atoms with Crippen molar-refractivity contribution in [3.05, 3.63) is 34.6 Å². The Morgan fingerprint density at radius 3 is 2.94 bits per heavy atom. The van der Waals surface area contributed by atoms with Gasteiger partial charge in [-0.25, -0.2) is 4.39 Å². The molecule has 2 rings (SSSR count). The summed E-state index contributed by atoms with van der Waals surface area (Å²) in [7, 11) is 1.26. The quantitative estimate of drug-likeness (QED) is 0.807. The minimum atomic E-state index is -1.12. The van der Waals surface area contributed by atoms with E-state index < -0.39 is 23.2 Å². The Hall–Kier alpha value is -1.13. The Morgan fingerprint density at radius 1 is 1.69 bits per heavy atom. The highest BCUT2D eigenvalue weighted by Crippen LogP contribution is 2.52. The summed E-state index contributed by atoms with van der Waals surface area (Å²) in [6.45, 7) is 0. The predicted molar refractivity (Wildman–Crippen MR) is 57.7 cm³/mol. The zero-order valence-corrected chi connectivity index (χ0v) is 9.42. The summed E-state index contributed by atoms with van der Waals surface area (Å²) >= 11 is 5.89. The van der Waals surface area contributed by atoms with Crippen LogP contribution in [-0.2, 0) is 9.53 Å². The molecule has 1 fully saturated rings. The van der Waals surface area contributed by atoms with Gasteiger partial charge in [0, 0.05) is 16.5 Å². The highest BCUT2D eigenvalue weighted by molar-refractivity contribution is 6.31. The molecule has 2 N–H and O–H groups in total. The third-order valence-electron chi connectivity index (χ3n) is 2.92. The van der Waals surface area contributed by atoms with E-state index >= 15 is 0 Å². The summed E-state index contributed by atoms with van der Waals surface area (Å²) < 4.78 is 18.1. The number of benzene rings is 1. The van der Waals surface area contributed by atoms with Gasteiger partial charge < -0.3 is 10.5 Å². The molecule has 16 heavy (non-hydrogen) atoms. The number of methoxy groups -OCH3 is 1. The first-order valence-corrected chi connectivity index (χ1v) is 5.19. The van der Waals surface area contributed by atoms with Crippen molar-refractivity contribution in [2.45, 2.75) is 17.9 Å². The van der Waals surface area contributed by atoms with E-state index in [4.69, 9.17) is 17.3 Å². The smallest absolute Gasteiger partial charge is 0.326 e. The molecule has 86 valence electrons. The van der Waals surface area contributed by atoms with Crippen molar-refractivity contribution in [2.75, 3.05) is 7.11 Å². The maximum Gasteiger partial charge on any atom is 0.326 e. The van der Waals surface area contributed by atoms with Gasteiger partial charge >= 0.3 is 5.97 Å². The van der Waals surface area contributed by atoms with Crippen LogP contribution < -0.4 is 5.73 Å². The second kappa shape index (κ2) is 3.71. The van der Waals surface area contributed by atoms with E-state index in [2.05, 4.69) is 4.74 Å². The molecule has 2 atom stereocenters. The van der Waals surface area contributed by atoms with E-state index in [-0.39, 0.29) is 0 Å². The standard InChI is InChI=1S/C11H11ClFNO2/c1-16-10(15)11(14)5-6(11)9-7(12)3-2-4-8(9)13/h2-4,6H,5,14H2,1H3. The Bertz CT molecular complexity index is 431. The van der Waals surface area contributed by atoms with Crippen LogP contribution in [0.2, 0.25) is 5.02 Å². The summed E-state index contributed by atoms with van der Waals surface area (Å²) in [6.07, 6.45) is 0.361. The third-order valence-corrected chi connectivity index (χ3v) is 3.25. The second-order valence-corrected chi connectivity index (χ2v) is 4.33. The first-order valence-electron chi connectivity index (χ1n) is 4.82. The van der Waals surface area contributed by atoms with Gasteiger partial charge in [0.15, 0.2) is 0 Å². The first-order chi connectivity index (χ1) is 7.50. The van der Waals surface area contributed by atoms with Gasteiger partial charge in [0.2, 0.25) is 0 Å². The Morgan fingerprint density at radius 2 is 2.38 bits per heavy atom. The van der Waals surface area contributed by atoms with Crippen molar-refractivity contribution in [1.29, 1.82) is 0 Å². The van der Waals surface area contributed by atoms with Gasteiger partial charge in [-0.1, -0.05) is 17.7 Å². The Kier molecular flexibility index (Phi) is 2.64. The Balaban J connectivity index is 2.33. The van der Waals surface area contributed by atoms with Crippen LogP contribution in [0.25, 0.3) is 0 Å². The lowest BCUT2D eigenvalue weighted by Gasteiger charge is -2.10. The molecule has 1 aromatic rings. The number of rotatable bonds is 2. The average Bonchev–Trinajstić information content (AvgIpc) is 2.91. The van der Waals surface area contributed by atoms with Crippen molar-refractivity contribution < 1.29 is 13.9 Å². The van der Waals surface area contributed by atoms with Crippen molar-refractivity contribution in [3.8, 4) is 0 Å². The molecule has 0 saturated heterocycles. The number of esters is 1. The summed E-state index contributed by atoms with van der Waals surface area (Å²) in [5.74, 6) is -1.36. The molecule has 3 nitrogen and oxygen atoms in total. The topological polar surface area (TPSA) is 52.3 Å². The van der Waals surface area contributed by atoms with Crippen molar-refractivity contribution in [1.82, 2.24) is 0 Å². The molecule has 0 heterocycles. The fraction of sp³-hybridized carbons (Fsp3) is 0.364. The lowest BCUT2D eigenvalue weighted by molar-refractivity contribution is -0.143. The maximum absolute atomic E-state index is 13.6. The minimum Gasteiger partial charge on any atom is -0.468 e. The SMILES string of the molecule is COC(=O)C1(N)CC1c1c(F)cccc1Cl. The van der Waals surface area contributed by atoms with Crippen LogP contribution >= 0.6 is 11.6 Å². The van der Waals surface area contributed by atoms with Crippen LogP contribution in [-0.4, -0.2) is 18.6 Å². The van der Waals surface area contributed by atoms with Crippen LogP contribution in [0.3, 0.4) is 0 Å². The molecule has 1 saturated carbocycles. The average molecular weight is 244 g/mol. The largest absolute Gasteiger partial charge is 0.468 e. The Labute approximate surface area is 97.3 Å². The van der Waals surface area contributed by atoms with Crippen LogP contribution in [0.4, 0.5) is 4.39 Å². The third kappa shape index (κ3) is 1.58. The predicted octanol–water partition coefficient (Wildman–Crippen LogP) is 1.84. The normalized spacial score (nSPS) is 27.6. The van der Waals surface area contributed by atoms with E-state index in [0.717, 1.165) is 0 Å². The van der Waals surface area contributed by atoms with Crippen molar-refractivity contribution in [3.63, 3.8) is 0 Å². The van der Waals surface area contributed by atoms with Crippen LogP contribution in [0.1, 0.15) is 17.9 Å². The molecular formula is C11H11ClFNO2. The van der Waals surface area contributed by atoms with E-state index in [1.54, 1.807) is 6.07 Å². The van der Waals surface area contributed by atoms with Gasteiger partial charge in [-0.05, 0) is 18.6 Å². The molecule has 0 spiro atoms. The van der Waals surface area contributed by atoms with Gasteiger partial charge in [0.1, 0.15) is 11.4 Å². The summed E-state index contributed by atoms with van der Waals surface area (Å²) in [6, 6.07) is 4.40. The van der Waals surface area contributed by atoms with Crippen LogP contribution in [0, 0.1) is 5.82 Å². The highest BCUT2D eigenvalue weighted by Gasteiger charge is 2.60. The van der Waals surface area contributed by atoms with Gasteiger partial charge in [0.05, 0.1) is 7.11 Å². The molecule has 0 aliphatic heterocycles. The fourth-order valence-electron chi connectivity index (χ4n) is 1.90. The number of carbonyl (C=O) groups is 1. The van der Waals surface area contributed by atoms with Crippen LogP contribution in [0.15, 0.2) is 18.2 Å². The first kappa shape index (κ1) is 11.4. The van der Waals surface area contributed by atoms with E-state index in [1.807, 2.05) is 0 Å². The summed E-state index contributed by atoms with van der Waals surface area (Å²) in [4.78, 5) is 11.4. The second-order valence-electron chi connectivity index (χ2n) is 3.92. The molecule has 1 aliphatic rings. The number of halogens is 2. The summed E-state index contributed by atoms with van der Waals surface area (Å²) in [5, 5.41) is 0.293. The van der Waals surface area contributed by atoms with Crippen molar-refractivity contribution in [2.24, 2.45) is 5.73 Å². The zero-order chi connectivity index (χ0) is 11.9. The lowest BCUT2D eigenvalue weighted by Crippen LogP contribution is -2.36. The molecule has 0 radical (unpaired) electrons. The minimum absolute atomic E-state index is 0.293. The molecule has 0 bridgehead atoms. The highest BCUT2D eigenvalue weighted by atomic mass is 35.5. The molecule has 2 unspecified atom stereocenters. The molecule has 0 amide bonds. The van der Waals surface area contributed by atoms with Crippen molar-refractivity contribution >= 4 is 17.6 Å². The molecule has 1 aliphatic carbocycles.